The zero-order valence-corrected chi connectivity index (χ0v) is 14.1. The van der Waals surface area contributed by atoms with Crippen molar-refractivity contribution in [2.45, 2.75) is 6.54 Å². The van der Waals surface area contributed by atoms with Crippen molar-refractivity contribution in [1.29, 1.82) is 0 Å². The predicted molar refractivity (Wildman–Crippen MR) is 96.5 cm³/mol. The molecule has 0 amide bonds. The summed E-state index contributed by atoms with van der Waals surface area (Å²) in [7, 11) is 1.65. The minimum Gasteiger partial charge on any atom is -0.496 e. The van der Waals surface area contributed by atoms with Gasteiger partial charge in [-0.2, -0.15) is 4.52 Å². The average molecular weight is 349 g/mol. The van der Waals surface area contributed by atoms with E-state index in [9.17, 15) is 4.39 Å². The maximum absolute atomic E-state index is 13.2. The van der Waals surface area contributed by atoms with Crippen molar-refractivity contribution < 1.29 is 9.13 Å². The summed E-state index contributed by atoms with van der Waals surface area (Å²) in [6.45, 7) is 0.566. The summed E-state index contributed by atoms with van der Waals surface area (Å²) >= 11 is 0. The Morgan fingerprint density at radius 1 is 1.00 bits per heavy atom. The van der Waals surface area contributed by atoms with E-state index in [0.717, 1.165) is 16.9 Å². The first-order valence-electron chi connectivity index (χ1n) is 8.09. The van der Waals surface area contributed by atoms with E-state index in [1.54, 1.807) is 23.8 Å². The van der Waals surface area contributed by atoms with E-state index in [-0.39, 0.29) is 5.82 Å². The van der Waals surface area contributed by atoms with E-state index >= 15 is 0 Å². The number of nitrogens with one attached hydrogen (secondary N) is 1. The molecule has 26 heavy (non-hydrogen) atoms. The summed E-state index contributed by atoms with van der Waals surface area (Å²) in [5.41, 5.74) is 2.39. The standard InChI is InChI=1S/C19H16FN5O/c1-26-16-5-3-2-4-14(16)12-21-17-10-11-18-22-23-19(25(18)24-17)13-6-8-15(20)9-7-13/h2-11H,12H2,1H3,(H,21,24). The van der Waals surface area contributed by atoms with Crippen LogP contribution in [-0.4, -0.2) is 26.9 Å². The molecule has 2 aromatic carbocycles. The molecule has 0 unspecified atom stereocenters. The first-order chi connectivity index (χ1) is 12.7. The van der Waals surface area contributed by atoms with Gasteiger partial charge in [0.1, 0.15) is 17.4 Å². The summed E-state index contributed by atoms with van der Waals surface area (Å²) in [6, 6.07) is 17.6. The van der Waals surface area contributed by atoms with Gasteiger partial charge in [-0.25, -0.2) is 4.39 Å². The third-order valence-electron chi connectivity index (χ3n) is 4.02. The molecule has 7 heteroatoms. The highest BCUT2D eigenvalue weighted by Crippen LogP contribution is 2.21. The van der Waals surface area contributed by atoms with Crippen LogP contribution in [0, 0.1) is 5.82 Å². The van der Waals surface area contributed by atoms with Crippen molar-refractivity contribution in [3.05, 3.63) is 72.0 Å². The lowest BCUT2D eigenvalue weighted by Gasteiger charge is -2.10. The lowest BCUT2D eigenvalue weighted by molar-refractivity contribution is 0.410. The molecule has 0 bridgehead atoms. The molecule has 0 atom stereocenters. The maximum atomic E-state index is 13.2. The topological polar surface area (TPSA) is 64.3 Å². The van der Waals surface area contributed by atoms with Crippen LogP contribution in [-0.2, 0) is 6.54 Å². The van der Waals surface area contributed by atoms with Gasteiger partial charge in [-0.15, -0.1) is 15.3 Å². The van der Waals surface area contributed by atoms with Crippen molar-refractivity contribution in [3.8, 4) is 17.1 Å². The molecule has 0 radical (unpaired) electrons. The number of rotatable bonds is 5. The number of hydrogen-bond donors (Lipinski definition) is 1. The van der Waals surface area contributed by atoms with Crippen molar-refractivity contribution >= 4 is 11.5 Å². The Morgan fingerprint density at radius 2 is 1.81 bits per heavy atom. The maximum Gasteiger partial charge on any atom is 0.185 e. The van der Waals surface area contributed by atoms with Gasteiger partial charge in [-0.1, -0.05) is 18.2 Å². The fraction of sp³-hybridized carbons (Fsp3) is 0.105. The van der Waals surface area contributed by atoms with E-state index in [1.165, 1.54) is 12.1 Å². The highest BCUT2D eigenvalue weighted by molar-refractivity contribution is 5.59. The molecule has 130 valence electrons. The number of hydrogen-bond acceptors (Lipinski definition) is 5. The monoisotopic (exact) mass is 349 g/mol. The van der Waals surface area contributed by atoms with Gasteiger partial charge in [0.2, 0.25) is 0 Å². The van der Waals surface area contributed by atoms with E-state index in [4.69, 9.17) is 4.74 Å². The largest absolute Gasteiger partial charge is 0.496 e. The summed E-state index contributed by atoms with van der Waals surface area (Å²) in [6.07, 6.45) is 0. The third kappa shape index (κ3) is 3.06. The Balaban J connectivity index is 1.63. The second-order valence-electron chi connectivity index (χ2n) is 5.68. The van der Waals surface area contributed by atoms with Gasteiger partial charge in [0, 0.05) is 17.7 Å². The van der Waals surface area contributed by atoms with Crippen LogP contribution in [0.1, 0.15) is 5.56 Å². The Kier molecular flexibility index (Phi) is 4.18. The smallest absolute Gasteiger partial charge is 0.185 e. The lowest BCUT2D eigenvalue weighted by atomic mass is 10.2. The number of aromatic nitrogens is 4. The van der Waals surface area contributed by atoms with Gasteiger partial charge in [-0.05, 0) is 42.5 Å². The van der Waals surface area contributed by atoms with Crippen LogP contribution in [0.4, 0.5) is 10.2 Å². The molecule has 4 rings (SSSR count). The van der Waals surface area contributed by atoms with Gasteiger partial charge >= 0.3 is 0 Å². The highest BCUT2D eigenvalue weighted by Gasteiger charge is 2.10. The van der Waals surface area contributed by atoms with E-state index in [2.05, 4.69) is 20.6 Å². The number of methoxy groups -OCH3 is 1. The molecule has 0 aliphatic heterocycles. The van der Waals surface area contributed by atoms with E-state index in [0.29, 0.717) is 23.8 Å². The summed E-state index contributed by atoms with van der Waals surface area (Å²) < 4.78 is 20.1. The van der Waals surface area contributed by atoms with E-state index < -0.39 is 0 Å². The SMILES string of the molecule is COc1ccccc1CNc1ccc2nnc(-c3ccc(F)cc3)n2n1. The fourth-order valence-corrected chi connectivity index (χ4v) is 2.70. The van der Waals surface area contributed by atoms with Crippen LogP contribution in [0.3, 0.4) is 0 Å². The molecule has 4 aromatic rings. The number of anilines is 1. The van der Waals surface area contributed by atoms with Crippen molar-refractivity contribution in [1.82, 2.24) is 19.8 Å². The second-order valence-corrected chi connectivity index (χ2v) is 5.68. The molecule has 2 heterocycles. The highest BCUT2D eigenvalue weighted by atomic mass is 19.1. The third-order valence-corrected chi connectivity index (χ3v) is 4.02. The fourth-order valence-electron chi connectivity index (χ4n) is 2.70. The van der Waals surface area contributed by atoms with Crippen LogP contribution in [0.5, 0.6) is 5.75 Å². The van der Waals surface area contributed by atoms with Gasteiger partial charge in [0.15, 0.2) is 11.5 Å². The predicted octanol–water partition coefficient (Wildman–Crippen LogP) is 3.55. The molecule has 0 fully saturated rings. The first-order valence-corrected chi connectivity index (χ1v) is 8.09. The Labute approximate surface area is 149 Å². The summed E-state index contributed by atoms with van der Waals surface area (Å²) in [5.74, 6) is 1.75. The Hall–Kier alpha value is -3.48. The zero-order valence-electron chi connectivity index (χ0n) is 14.1. The Morgan fingerprint density at radius 3 is 2.62 bits per heavy atom. The van der Waals surface area contributed by atoms with Gasteiger partial charge in [0.25, 0.3) is 0 Å². The number of para-hydroxylation sites is 1. The number of ether oxygens (including phenoxy) is 1. The van der Waals surface area contributed by atoms with E-state index in [1.807, 2.05) is 36.4 Å². The minimum absolute atomic E-state index is 0.297. The van der Waals surface area contributed by atoms with Crippen LogP contribution >= 0.6 is 0 Å². The van der Waals surface area contributed by atoms with Crippen LogP contribution in [0.15, 0.2) is 60.7 Å². The normalized spacial score (nSPS) is 10.8. The molecule has 1 N–H and O–H groups in total. The molecule has 0 aliphatic carbocycles. The van der Waals surface area contributed by atoms with Crippen LogP contribution in [0.25, 0.3) is 17.0 Å². The molecule has 0 saturated heterocycles. The lowest BCUT2D eigenvalue weighted by Crippen LogP contribution is -2.05. The molecule has 2 aromatic heterocycles. The molecule has 6 nitrogen and oxygen atoms in total. The van der Waals surface area contributed by atoms with Crippen molar-refractivity contribution in [3.63, 3.8) is 0 Å². The molecular formula is C19H16FN5O. The summed E-state index contributed by atoms with van der Waals surface area (Å²) in [4.78, 5) is 0. The Bertz CT molecular complexity index is 1050. The average Bonchev–Trinajstić information content (AvgIpc) is 3.10. The van der Waals surface area contributed by atoms with Gasteiger partial charge < -0.3 is 10.1 Å². The number of benzene rings is 2. The molecular weight excluding hydrogens is 333 g/mol. The molecule has 0 spiro atoms. The first kappa shape index (κ1) is 16.0. The van der Waals surface area contributed by atoms with Gasteiger partial charge in [0.05, 0.1) is 7.11 Å². The number of fused-ring (bicyclic) bond motifs is 1. The van der Waals surface area contributed by atoms with Gasteiger partial charge in [-0.3, -0.25) is 0 Å². The van der Waals surface area contributed by atoms with Crippen molar-refractivity contribution in [2.24, 2.45) is 0 Å². The van der Waals surface area contributed by atoms with Crippen LogP contribution < -0.4 is 10.1 Å². The van der Waals surface area contributed by atoms with Crippen LogP contribution in [0.2, 0.25) is 0 Å². The summed E-state index contributed by atoms with van der Waals surface area (Å²) in [5, 5.41) is 16.1. The van der Waals surface area contributed by atoms with Crippen molar-refractivity contribution in [2.75, 3.05) is 12.4 Å². The number of nitrogens with zero attached hydrogens (tertiary/aromatic N) is 4. The quantitative estimate of drug-likeness (QED) is 0.597. The second kappa shape index (κ2) is 6.79. The zero-order chi connectivity index (χ0) is 17.9. The molecule has 0 saturated carbocycles. The number of halogens is 1. The molecule has 0 aliphatic rings. The minimum atomic E-state index is -0.297.